The van der Waals surface area contributed by atoms with E-state index in [0.717, 1.165) is 18.4 Å². The van der Waals surface area contributed by atoms with E-state index in [1.165, 1.54) is 21.6 Å². The van der Waals surface area contributed by atoms with Gasteiger partial charge >= 0.3 is 5.97 Å². The topological polar surface area (TPSA) is 37.3 Å². The number of hydrogen-bond acceptors (Lipinski definition) is 2. The second-order valence-electron chi connectivity index (χ2n) is 6.58. The monoisotopic (exact) mass is 350 g/mol. The molecule has 0 amide bonds. The molecule has 0 bridgehead atoms. The zero-order chi connectivity index (χ0) is 17.8. The number of benzene rings is 2. The van der Waals surface area contributed by atoms with Gasteiger partial charge in [-0.05, 0) is 64.6 Å². The van der Waals surface area contributed by atoms with Crippen molar-refractivity contribution < 1.29 is 9.90 Å². The first-order valence-corrected chi connectivity index (χ1v) is 9.41. The van der Waals surface area contributed by atoms with E-state index in [-0.39, 0.29) is 0 Å². The summed E-state index contributed by atoms with van der Waals surface area (Å²) in [4.78, 5) is 12.4. The van der Waals surface area contributed by atoms with Crippen LogP contribution in [0.25, 0.3) is 11.1 Å². The zero-order valence-electron chi connectivity index (χ0n) is 14.5. The van der Waals surface area contributed by atoms with Crippen molar-refractivity contribution >= 4 is 17.3 Å². The van der Waals surface area contributed by atoms with Crippen molar-refractivity contribution in [2.24, 2.45) is 0 Å². The summed E-state index contributed by atoms with van der Waals surface area (Å²) in [6, 6.07) is 18.2. The van der Waals surface area contributed by atoms with E-state index in [0.29, 0.717) is 11.5 Å². The summed E-state index contributed by atoms with van der Waals surface area (Å²) in [6.45, 7) is 4.41. The van der Waals surface area contributed by atoms with Crippen molar-refractivity contribution in [3.05, 3.63) is 81.5 Å². The molecule has 25 heavy (non-hydrogen) atoms. The lowest BCUT2D eigenvalue weighted by Crippen LogP contribution is -1.98. The molecule has 0 saturated carbocycles. The Morgan fingerprint density at radius 3 is 2.44 bits per heavy atom. The number of carboxylic acid groups (broad SMARTS) is 1. The summed E-state index contributed by atoms with van der Waals surface area (Å²) in [6.07, 6.45) is 1.78. The Labute approximate surface area is 152 Å². The lowest BCUT2D eigenvalue weighted by atomic mass is 9.99. The van der Waals surface area contributed by atoms with Crippen LogP contribution in [0.5, 0.6) is 0 Å². The van der Waals surface area contributed by atoms with Gasteiger partial charge in [-0.25, -0.2) is 4.79 Å². The lowest BCUT2D eigenvalue weighted by Gasteiger charge is -2.05. The number of carboxylic acids is 1. The van der Waals surface area contributed by atoms with Gasteiger partial charge in [0.25, 0.3) is 0 Å². The van der Waals surface area contributed by atoms with Crippen molar-refractivity contribution in [3.63, 3.8) is 0 Å². The zero-order valence-corrected chi connectivity index (χ0v) is 15.3. The van der Waals surface area contributed by atoms with Crippen LogP contribution in [0.15, 0.2) is 60.0 Å². The molecule has 1 N–H and O–H groups in total. The molecule has 0 saturated heterocycles. The van der Waals surface area contributed by atoms with Gasteiger partial charge in [0.2, 0.25) is 0 Å². The highest BCUT2D eigenvalue weighted by Crippen LogP contribution is 2.28. The predicted molar refractivity (Wildman–Crippen MR) is 105 cm³/mol. The van der Waals surface area contributed by atoms with Crippen LogP contribution in [-0.2, 0) is 12.8 Å². The molecule has 0 atom stereocenters. The van der Waals surface area contributed by atoms with Crippen LogP contribution >= 0.6 is 11.3 Å². The van der Waals surface area contributed by atoms with Crippen LogP contribution in [0.3, 0.4) is 0 Å². The normalized spacial score (nSPS) is 11.0. The molecule has 2 nitrogen and oxygen atoms in total. The van der Waals surface area contributed by atoms with Gasteiger partial charge < -0.3 is 5.11 Å². The molecule has 3 heteroatoms. The summed E-state index contributed by atoms with van der Waals surface area (Å²) < 4.78 is 0. The maximum atomic E-state index is 11.1. The van der Waals surface area contributed by atoms with Crippen LogP contribution < -0.4 is 0 Å². The number of hydrogen-bond donors (Lipinski definition) is 1. The first kappa shape index (κ1) is 17.4. The van der Waals surface area contributed by atoms with Crippen LogP contribution in [0.1, 0.15) is 46.1 Å². The molecule has 2 aromatic carbocycles. The number of thiophene rings is 1. The SMILES string of the molecule is CC(C)c1ccc(-c2csc(CCc3cccc(C(=O)O)c3)c2)cc1. The maximum absolute atomic E-state index is 11.1. The molecule has 0 aliphatic rings. The molecule has 0 unspecified atom stereocenters. The average Bonchev–Trinajstić information content (AvgIpc) is 3.09. The number of rotatable bonds is 6. The Balaban J connectivity index is 1.67. The Bertz CT molecular complexity index is 860. The summed E-state index contributed by atoms with van der Waals surface area (Å²) in [5.41, 5.74) is 5.29. The van der Waals surface area contributed by atoms with Gasteiger partial charge in [0.05, 0.1) is 5.56 Å². The Kier molecular flexibility index (Phi) is 5.34. The lowest BCUT2D eigenvalue weighted by molar-refractivity contribution is 0.0696. The van der Waals surface area contributed by atoms with Gasteiger partial charge in [0.1, 0.15) is 0 Å². The standard InChI is InChI=1S/C22H22O2S/c1-15(2)17-7-9-18(10-8-17)20-13-21(25-14-20)11-6-16-4-3-5-19(12-16)22(23)24/h3-5,7-10,12-15H,6,11H2,1-2H3,(H,23,24). The molecule has 1 heterocycles. The largest absolute Gasteiger partial charge is 0.478 e. The molecule has 0 aliphatic carbocycles. The van der Waals surface area contributed by atoms with Crippen LogP contribution in [0.2, 0.25) is 0 Å². The minimum absolute atomic E-state index is 0.356. The molecule has 0 spiro atoms. The molecule has 0 aliphatic heterocycles. The third kappa shape index (κ3) is 4.37. The number of carbonyl (C=O) groups is 1. The summed E-state index contributed by atoms with van der Waals surface area (Å²) in [7, 11) is 0. The average molecular weight is 350 g/mol. The smallest absolute Gasteiger partial charge is 0.335 e. The third-order valence-corrected chi connectivity index (χ3v) is 5.39. The van der Waals surface area contributed by atoms with Crippen molar-refractivity contribution in [3.8, 4) is 11.1 Å². The molecular weight excluding hydrogens is 328 g/mol. The van der Waals surface area contributed by atoms with Crippen molar-refractivity contribution in [1.82, 2.24) is 0 Å². The Morgan fingerprint density at radius 1 is 1.00 bits per heavy atom. The summed E-state index contributed by atoms with van der Waals surface area (Å²) in [5, 5.41) is 11.3. The molecule has 3 aromatic rings. The fraction of sp³-hybridized carbons (Fsp3) is 0.227. The predicted octanol–water partition coefficient (Wildman–Crippen LogP) is 6.02. The highest BCUT2D eigenvalue weighted by molar-refractivity contribution is 7.10. The second-order valence-corrected chi connectivity index (χ2v) is 7.58. The van der Waals surface area contributed by atoms with E-state index in [4.69, 9.17) is 5.11 Å². The van der Waals surface area contributed by atoms with E-state index in [2.05, 4.69) is 49.6 Å². The van der Waals surface area contributed by atoms with Crippen LogP contribution in [-0.4, -0.2) is 11.1 Å². The maximum Gasteiger partial charge on any atom is 0.335 e. The van der Waals surface area contributed by atoms with Crippen molar-refractivity contribution in [2.45, 2.75) is 32.6 Å². The van der Waals surface area contributed by atoms with Crippen LogP contribution in [0, 0.1) is 0 Å². The van der Waals surface area contributed by atoms with E-state index in [1.54, 1.807) is 23.5 Å². The van der Waals surface area contributed by atoms with Gasteiger partial charge in [0.15, 0.2) is 0 Å². The second kappa shape index (κ2) is 7.66. The molecule has 3 rings (SSSR count). The fourth-order valence-corrected chi connectivity index (χ4v) is 3.75. The van der Waals surface area contributed by atoms with Crippen molar-refractivity contribution in [1.29, 1.82) is 0 Å². The Hall–Kier alpha value is -2.39. The Morgan fingerprint density at radius 2 is 1.76 bits per heavy atom. The fourth-order valence-electron chi connectivity index (χ4n) is 2.85. The van der Waals surface area contributed by atoms with Gasteiger partial charge in [-0.1, -0.05) is 50.2 Å². The van der Waals surface area contributed by atoms with Gasteiger partial charge in [0, 0.05) is 4.88 Å². The summed E-state index contributed by atoms with van der Waals surface area (Å²) in [5.74, 6) is -0.321. The molecule has 0 fully saturated rings. The summed E-state index contributed by atoms with van der Waals surface area (Å²) >= 11 is 1.77. The number of aryl methyl sites for hydroxylation is 2. The van der Waals surface area contributed by atoms with E-state index in [9.17, 15) is 4.79 Å². The quantitative estimate of drug-likeness (QED) is 0.590. The molecule has 1 aromatic heterocycles. The first-order chi connectivity index (χ1) is 12.0. The van der Waals surface area contributed by atoms with E-state index < -0.39 is 5.97 Å². The van der Waals surface area contributed by atoms with Gasteiger partial charge in [-0.15, -0.1) is 11.3 Å². The van der Waals surface area contributed by atoms with E-state index in [1.807, 2.05) is 12.1 Å². The van der Waals surface area contributed by atoms with Gasteiger partial charge in [-0.3, -0.25) is 0 Å². The molecular formula is C22H22O2S. The van der Waals surface area contributed by atoms with Gasteiger partial charge in [-0.2, -0.15) is 0 Å². The van der Waals surface area contributed by atoms with E-state index >= 15 is 0 Å². The highest BCUT2D eigenvalue weighted by Gasteiger charge is 2.06. The first-order valence-electron chi connectivity index (χ1n) is 8.53. The minimum Gasteiger partial charge on any atom is -0.478 e. The minimum atomic E-state index is -0.870. The highest BCUT2D eigenvalue weighted by atomic mass is 32.1. The third-order valence-electron chi connectivity index (χ3n) is 4.40. The molecule has 128 valence electrons. The number of aromatic carboxylic acids is 1. The van der Waals surface area contributed by atoms with Crippen LogP contribution in [0.4, 0.5) is 0 Å². The molecule has 0 radical (unpaired) electrons. The van der Waals surface area contributed by atoms with Crippen molar-refractivity contribution in [2.75, 3.05) is 0 Å².